The fourth-order valence-corrected chi connectivity index (χ4v) is 4.70. The molecule has 0 aliphatic heterocycles. The standard InChI is InChI=1S/C21H24ClFN4O3S/c1-5-10-31(29,30)26-17-7-6-14(23)20(19(17)22)25-15-8-9-16-18(13(15)4)21(28)27(11-24-16)12(2)3/h6-9,11-12,25-26H,5,10H2,1-4H3. The molecule has 0 saturated carbocycles. The van der Waals surface area contributed by atoms with Crippen LogP contribution in [0, 0.1) is 12.7 Å². The van der Waals surface area contributed by atoms with Crippen molar-refractivity contribution in [2.45, 2.75) is 40.2 Å². The van der Waals surface area contributed by atoms with E-state index in [0.29, 0.717) is 28.6 Å². The Kier molecular flexibility index (Phi) is 6.56. The molecule has 0 unspecified atom stereocenters. The highest BCUT2D eigenvalue weighted by Crippen LogP contribution is 2.36. The van der Waals surface area contributed by atoms with Crippen molar-refractivity contribution in [1.82, 2.24) is 9.55 Å². The Labute approximate surface area is 185 Å². The van der Waals surface area contributed by atoms with Gasteiger partial charge in [0.25, 0.3) is 5.56 Å². The van der Waals surface area contributed by atoms with Crippen molar-refractivity contribution < 1.29 is 12.8 Å². The second-order valence-corrected chi connectivity index (χ2v) is 9.73. The number of halogens is 2. The van der Waals surface area contributed by atoms with Crippen LogP contribution in [-0.4, -0.2) is 23.7 Å². The van der Waals surface area contributed by atoms with Gasteiger partial charge in [-0.3, -0.25) is 14.1 Å². The van der Waals surface area contributed by atoms with E-state index in [1.54, 1.807) is 26.0 Å². The average Bonchev–Trinajstić information content (AvgIpc) is 2.68. The minimum atomic E-state index is -3.60. The van der Waals surface area contributed by atoms with Gasteiger partial charge in [-0.05, 0) is 57.0 Å². The van der Waals surface area contributed by atoms with E-state index in [0.717, 1.165) is 6.07 Å². The summed E-state index contributed by atoms with van der Waals surface area (Å²) in [6.07, 6.45) is 1.93. The summed E-state index contributed by atoms with van der Waals surface area (Å²) < 4.78 is 42.7. The fourth-order valence-electron chi connectivity index (χ4n) is 3.25. The largest absolute Gasteiger partial charge is 0.352 e. The number of hydrogen-bond donors (Lipinski definition) is 2. The van der Waals surface area contributed by atoms with E-state index in [9.17, 15) is 17.6 Å². The van der Waals surface area contributed by atoms with Crippen LogP contribution in [0.4, 0.5) is 21.5 Å². The van der Waals surface area contributed by atoms with Crippen LogP contribution in [-0.2, 0) is 10.0 Å². The molecule has 0 fully saturated rings. The minimum absolute atomic E-state index is 0.0693. The molecule has 1 heterocycles. The summed E-state index contributed by atoms with van der Waals surface area (Å²) in [7, 11) is -3.60. The van der Waals surface area contributed by atoms with Gasteiger partial charge in [-0.25, -0.2) is 17.8 Å². The first-order chi connectivity index (χ1) is 14.6. The summed E-state index contributed by atoms with van der Waals surface area (Å²) in [6, 6.07) is 5.67. The van der Waals surface area contributed by atoms with Crippen LogP contribution < -0.4 is 15.6 Å². The van der Waals surface area contributed by atoms with Gasteiger partial charge in [0.15, 0.2) is 0 Å². The third-order valence-corrected chi connectivity index (χ3v) is 6.73. The second kappa shape index (κ2) is 8.84. The molecule has 0 aliphatic rings. The van der Waals surface area contributed by atoms with Gasteiger partial charge in [0, 0.05) is 11.7 Å². The predicted molar refractivity (Wildman–Crippen MR) is 124 cm³/mol. The van der Waals surface area contributed by atoms with Crippen molar-refractivity contribution >= 4 is 49.6 Å². The SMILES string of the molecule is CCCS(=O)(=O)Nc1ccc(F)c(Nc2ccc3ncn(C(C)C)c(=O)c3c2C)c1Cl. The van der Waals surface area contributed by atoms with Gasteiger partial charge >= 0.3 is 0 Å². The van der Waals surface area contributed by atoms with Gasteiger partial charge in [-0.2, -0.15) is 0 Å². The molecule has 0 spiro atoms. The number of sulfonamides is 1. The highest BCUT2D eigenvalue weighted by molar-refractivity contribution is 7.92. The summed E-state index contributed by atoms with van der Waals surface area (Å²) in [5.41, 5.74) is 1.35. The molecule has 3 aromatic rings. The van der Waals surface area contributed by atoms with Crippen molar-refractivity contribution in [3.63, 3.8) is 0 Å². The van der Waals surface area contributed by atoms with Crippen molar-refractivity contribution in [3.8, 4) is 0 Å². The minimum Gasteiger partial charge on any atom is -0.352 e. The molecular weight excluding hydrogens is 443 g/mol. The number of aromatic nitrogens is 2. The molecule has 7 nitrogen and oxygen atoms in total. The van der Waals surface area contributed by atoms with Crippen LogP contribution >= 0.6 is 11.6 Å². The first kappa shape index (κ1) is 23.0. The Balaban J connectivity index is 2.08. The molecule has 10 heteroatoms. The summed E-state index contributed by atoms with van der Waals surface area (Å²) >= 11 is 6.33. The third-order valence-electron chi connectivity index (χ3n) is 4.86. The summed E-state index contributed by atoms with van der Waals surface area (Å²) in [4.78, 5) is 17.3. The van der Waals surface area contributed by atoms with Crippen molar-refractivity contribution in [2.75, 3.05) is 15.8 Å². The Morgan fingerprint density at radius 2 is 1.87 bits per heavy atom. The van der Waals surface area contributed by atoms with E-state index in [1.165, 1.54) is 17.0 Å². The topological polar surface area (TPSA) is 93.1 Å². The quantitative estimate of drug-likeness (QED) is 0.512. The smallest absolute Gasteiger partial charge is 0.261 e. The molecule has 0 saturated heterocycles. The molecule has 2 N–H and O–H groups in total. The molecule has 0 atom stereocenters. The van der Waals surface area contributed by atoms with Gasteiger partial charge in [0.1, 0.15) is 5.82 Å². The lowest BCUT2D eigenvalue weighted by molar-refractivity contribution is 0.573. The number of aryl methyl sites for hydroxylation is 1. The van der Waals surface area contributed by atoms with Gasteiger partial charge < -0.3 is 5.32 Å². The first-order valence-corrected chi connectivity index (χ1v) is 11.8. The predicted octanol–water partition coefficient (Wildman–Crippen LogP) is 4.97. The molecular formula is C21H24ClFN4O3S. The third kappa shape index (κ3) is 4.67. The van der Waals surface area contributed by atoms with Crippen LogP contribution in [0.3, 0.4) is 0 Å². The van der Waals surface area contributed by atoms with Crippen LogP contribution in [0.2, 0.25) is 5.02 Å². The van der Waals surface area contributed by atoms with E-state index in [2.05, 4.69) is 15.0 Å². The number of anilines is 3. The average molecular weight is 467 g/mol. The summed E-state index contributed by atoms with van der Waals surface area (Å²) in [5.74, 6) is -0.740. The zero-order valence-electron chi connectivity index (χ0n) is 17.7. The highest BCUT2D eigenvalue weighted by Gasteiger charge is 2.18. The first-order valence-electron chi connectivity index (χ1n) is 9.81. The van der Waals surface area contributed by atoms with Crippen LogP contribution in [0.25, 0.3) is 10.9 Å². The number of nitrogens with zero attached hydrogens (tertiary/aromatic N) is 2. The van der Waals surface area contributed by atoms with Crippen LogP contribution in [0.1, 0.15) is 38.8 Å². The number of benzene rings is 2. The van der Waals surface area contributed by atoms with E-state index < -0.39 is 15.8 Å². The molecule has 2 aromatic carbocycles. The van der Waals surface area contributed by atoms with Crippen LogP contribution in [0.5, 0.6) is 0 Å². The fraction of sp³-hybridized carbons (Fsp3) is 0.333. The van der Waals surface area contributed by atoms with E-state index in [-0.39, 0.29) is 33.8 Å². The zero-order valence-corrected chi connectivity index (χ0v) is 19.2. The van der Waals surface area contributed by atoms with Crippen molar-refractivity contribution in [3.05, 3.63) is 57.3 Å². The van der Waals surface area contributed by atoms with Gasteiger partial charge in [-0.1, -0.05) is 18.5 Å². The molecule has 0 amide bonds. The molecule has 1 aromatic heterocycles. The highest BCUT2D eigenvalue weighted by atomic mass is 35.5. The molecule has 0 bridgehead atoms. The van der Waals surface area contributed by atoms with E-state index in [4.69, 9.17) is 11.6 Å². The Morgan fingerprint density at radius 3 is 2.52 bits per heavy atom. The summed E-state index contributed by atoms with van der Waals surface area (Å²) in [6.45, 7) is 7.24. The van der Waals surface area contributed by atoms with Gasteiger partial charge in [0.05, 0.1) is 39.4 Å². The van der Waals surface area contributed by atoms with E-state index in [1.807, 2.05) is 13.8 Å². The number of fused-ring (bicyclic) bond motifs is 1. The zero-order chi connectivity index (χ0) is 22.9. The Bertz CT molecular complexity index is 1310. The maximum Gasteiger partial charge on any atom is 0.261 e. The molecule has 0 radical (unpaired) electrons. The number of hydrogen-bond acceptors (Lipinski definition) is 5. The van der Waals surface area contributed by atoms with E-state index >= 15 is 0 Å². The molecule has 166 valence electrons. The lowest BCUT2D eigenvalue weighted by Crippen LogP contribution is -2.23. The number of nitrogens with one attached hydrogen (secondary N) is 2. The normalized spacial score (nSPS) is 11.8. The maximum absolute atomic E-state index is 14.6. The molecule has 0 aliphatic carbocycles. The number of rotatable bonds is 7. The van der Waals surface area contributed by atoms with Crippen molar-refractivity contribution in [2.24, 2.45) is 0 Å². The Morgan fingerprint density at radius 1 is 1.19 bits per heavy atom. The lowest BCUT2D eigenvalue weighted by atomic mass is 10.1. The van der Waals surface area contributed by atoms with Gasteiger partial charge in [0.2, 0.25) is 10.0 Å². The molecule has 3 rings (SSSR count). The van der Waals surface area contributed by atoms with Crippen LogP contribution in [0.15, 0.2) is 35.4 Å². The monoisotopic (exact) mass is 466 g/mol. The Hall–Kier alpha value is -2.65. The summed E-state index contributed by atoms with van der Waals surface area (Å²) in [5, 5.41) is 3.23. The second-order valence-electron chi connectivity index (χ2n) is 7.51. The maximum atomic E-state index is 14.6. The van der Waals surface area contributed by atoms with Crippen molar-refractivity contribution in [1.29, 1.82) is 0 Å². The van der Waals surface area contributed by atoms with Gasteiger partial charge in [-0.15, -0.1) is 0 Å². The molecule has 31 heavy (non-hydrogen) atoms. The lowest BCUT2D eigenvalue weighted by Gasteiger charge is -2.17.